The summed E-state index contributed by atoms with van der Waals surface area (Å²) in [7, 11) is -3.78. The van der Waals surface area contributed by atoms with Gasteiger partial charge in [-0.2, -0.15) is 9.57 Å². The summed E-state index contributed by atoms with van der Waals surface area (Å²) in [5.41, 5.74) is 5.98. The fraction of sp³-hybridized carbons (Fsp3) is 0.417. The van der Waals surface area contributed by atoms with Crippen LogP contribution in [0.4, 0.5) is 5.69 Å². The molecule has 0 aliphatic carbocycles. The molecule has 110 valence electrons. The fourth-order valence-corrected chi connectivity index (χ4v) is 4.61. The molecule has 0 aliphatic heterocycles. The molecule has 0 spiro atoms. The molecule has 1 rings (SSSR count). The normalized spacial score (nSPS) is 11.8. The topological polar surface area (TPSA) is 87.2 Å². The molecule has 1 aromatic carbocycles. The van der Waals surface area contributed by atoms with Gasteiger partial charge >= 0.3 is 0 Å². The van der Waals surface area contributed by atoms with Crippen LogP contribution in [0.5, 0.6) is 0 Å². The van der Waals surface area contributed by atoms with Crippen LogP contribution in [0.1, 0.15) is 20.3 Å². The van der Waals surface area contributed by atoms with E-state index in [1.54, 1.807) is 13.8 Å². The molecule has 0 heterocycles. The highest BCUT2D eigenvalue weighted by molar-refractivity contribution is 9.10. The molecule has 0 atom stereocenters. The van der Waals surface area contributed by atoms with Crippen LogP contribution >= 0.6 is 27.5 Å². The number of nitriles is 1. The standard InChI is InChI=1S/C12H15BrClN3O2S/c1-8(2)17(5-3-4-15)20(18,19)11-7-9(14)6-10(16)12(11)13/h6-8H,3,5,16H2,1-2H3. The van der Waals surface area contributed by atoms with Gasteiger partial charge in [-0.1, -0.05) is 11.6 Å². The Hall–Kier alpha value is -0.810. The Balaban J connectivity index is 3.38. The number of hydrogen-bond acceptors (Lipinski definition) is 4. The predicted molar refractivity (Wildman–Crippen MR) is 82.8 cm³/mol. The first kappa shape index (κ1) is 17.2. The molecule has 0 fully saturated rings. The van der Waals surface area contributed by atoms with E-state index in [4.69, 9.17) is 22.6 Å². The van der Waals surface area contributed by atoms with Gasteiger partial charge in [0, 0.05) is 29.7 Å². The average molecular weight is 381 g/mol. The van der Waals surface area contributed by atoms with E-state index in [0.29, 0.717) is 0 Å². The number of nitrogens with two attached hydrogens (primary N) is 1. The highest BCUT2D eigenvalue weighted by Gasteiger charge is 2.29. The first-order chi connectivity index (χ1) is 9.21. The lowest BCUT2D eigenvalue weighted by Crippen LogP contribution is -2.37. The Morgan fingerprint density at radius 3 is 2.60 bits per heavy atom. The summed E-state index contributed by atoms with van der Waals surface area (Å²) in [5, 5.41) is 8.90. The second kappa shape index (κ2) is 6.76. The monoisotopic (exact) mass is 379 g/mol. The minimum atomic E-state index is -3.78. The third kappa shape index (κ3) is 3.64. The van der Waals surface area contributed by atoms with Crippen molar-refractivity contribution in [2.75, 3.05) is 12.3 Å². The second-order valence-corrected chi connectivity index (χ2v) is 7.51. The van der Waals surface area contributed by atoms with Crippen LogP contribution in [0.2, 0.25) is 5.02 Å². The Morgan fingerprint density at radius 2 is 2.10 bits per heavy atom. The molecule has 0 aliphatic rings. The van der Waals surface area contributed by atoms with Gasteiger partial charge in [-0.3, -0.25) is 0 Å². The van der Waals surface area contributed by atoms with Crippen LogP contribution in [-0.2, 0) is 10.0 Å². The van der Waals surface area contributed by atoms with Crippen LogP contribution in [0.25, 0.3) is 0 Å². The quantitative estimate of drug-likeness (QED) is 0.795. The maximum atomic E-state index is 12.7. The van der Waals surface area contributed by atoms with Crippen molar-refractivity contribution in [2.24, 2.45) is 0 Å². The molecule has 5 nitrogen and oxygen atoms in total. The number of hydrogen-bond donors (Lipinski definition) is 1. The zero-order chi connectivity index (χ0) is 15.5. The zero-order valence-corrected chi connectivity index (χ0v) is 14.3. The molecular weight excluding hydrogens is 366 g/mol. The minimum Gasteiger partial charge on any atom is -0.398 e. The average Bonchev–Trinajstić information content (AvgIpc) is 2.33. The van der Waals surface area contributed by atoms with Gasteiger partial charge in [0.2, 0.25) is 10.0 Å². The summed E-state index contributed by atoms with van der Waals surface area (Å²) < 4.78 is 26.9. The van der Waals surface area contributed by atoms with Crippen molar-refractivity contribution in [3.8, 4) is 6.07 Å². The molecule has 0 bridgehead atoms. The van der Waals surface area contributed by atoms with Crippen molar-refractivity contribution >= 4 is 43.2 Å². The lowest BCUT2D eigenvalue weighted by Gasteiger charge is -2.25. The Labute approximate surface area is 132 Å². The molecule has 8 heteroatoms. The van der Waals surface area contributed by atoms with Crippen molar-refractivity contribution in [3.63, 3.8) is 0 Å². The van der Waals surface area contributed by atoms with Crippen LogP contribution in [-0.4, -0.2) is 25.3 Å². The van der Waals surface area contributed by atoms with E-state index in [-0.39, 0.29) is 39.1 Å². The van der Waals surface area contributed by atoms with Gasteiger partial charge in [-0.15, -0.1) is 0 Å². The summed E-state index contributed by atoms with van der Waals surface area (Å²) in [6, 6.07) is 4.49. The molecule has 0 aromatic heterocycles. The summed E-state index contributed by atoms with van der Waals surface area (Å²) >= 11 is 9.06. The lowest BCUT2D eigenvalue weighted by atomic mass is 10.3. The molecule has 20 heavy (non-hydrogen) atoms. The number of nitrogens with zero attached hydrogens (tertiary/aromatic N) is 2. The Morgan fingerprint density at radius 1 is 1.50 bits per heavy atom. The first-order valence-electron chi connectivity index (χ1n) is 5.85. The van der Waals surface area contributed by atoms with Gasteiger partial charge < -0.3 is 5.73 Å². The van der Waals surface area contributed by atoms with Gasteiger partial charge in [-0.25, -0.2) is 8.42 Å². The minimum absolute atomic E-state index is 0.00846. The molecule has 0 unspecified atom stereocenters. The molecule has 0 saturated heterocycles. The van der Waals surface area contributed by atoms with Crippen LogP contribution in [0.3, 0.4) is 0 Å². The van der Waals surface area contributed by atoms with E-state index in [1.165, 1.54) is 16.4 Å². The number of anilines is 1. The second-order valence-electron chi connectivity index (χ2n) is 4.42. The third-order valence-electron chi connectivity index (χ3n) is 2.64. The highest BCUT2D eigenvalue weighted by atomic mass is 79.9. The molecular formula is C12H15BrClN3O2S. The van der Waals surface area contributed by atoms with Crippen LogP contribution in [0.15, 0.2) is 21.5 Å². The van der Waals surface area contributed by atoms with Gasteiger partial charge in [0.25, 0.3) is 0 Å². The number of halogens is 2. The van der Waals surface area contributed by atoms with Gasteiger partial charge in [-0.05, 0) is 41.9 Å². The van der Waals surface area contributed by atoms with E-state index in [9.17, 15) is 8.42 Å². The van der Waals surface area contributed by atoms with E-state index in [0.717, 1.165) is 0 Å². The summed E-state index contributed by atoms with van der Waals surface area (Å²) in [6.07, 6.45) is 0.116. The smallest absolute Gasteiger partial charge is 0.244 e. The molecule has 0 saturated carbocycles. The van der Waals surface area contributed by atoms with Crippen molar-refractivity contribution in [2.45, 2.75) is 31.2 Å². The molecule has 1 aromatic rings. The molecule has 0 radical (unpaired) electrons. The van der Waals surface area contributed by atoms with Crippen molar-refractivity contribution in [1.82, 2.24) is 4.31 Å². The van der Waals surface area contributed by atoms with E-state index >= 15 is 0 Å². The van der Waals surface area contributed by atoms with E-state index in [1.807, 2.05) is 6.07 Å². The zero-order valence-electron chi connectivity index (χ0n) is 11.1. The summed E-state index contributed by atoms with van der Waals surface area (Å²) in [6.45, 7) is 3.61. The SMILES string of the molecule is CC(C)N(CCC#N)S(=O)(=O)c1cc(Cl)cc(N)c1Br. The summed E-state index contributed by atoms with van der Waals surface area (Å²) in [5.74, 6) is 0. The van der Waals surface area contributed by atoms with Crippen LogP contribution < -0.4 is 5.73 Å². The predicted octanol–water partition coefficient (Wildman–Crippen LogP) is 3.00. The lowest BCUT2D eigenvalue weighted by molar-refractivity contribution is 0.360. The Kier molecular flexibility index (Phi) is 5.83. The number of benzene rings is 1. The van der Waals surface area contributed by atoms with Crippen molar-refractivity contribution in [3.05, 3.63) is 21.6 Å². The highest BCUT2D eigenvalue weighted by Crippen LogP contribution is 2.33. The fourth-order valence-electron chi connectivity index (χ4n) is 1.71. The number of nitrogen functional groups attached to an aromatic ring is 1. The maximum Gasteiger partial charge on any atom is 0.244 e. The number of rotatable bonds is 5. The molecule has 0 amide bonds. The van der Waals surface area contributed by atoms with E-state index < -0.39 is 10.0 Å². The van der Waals surface area contributed by atoms with Gasteiger partial charge in [0.15, 0.2) is 0 Å². The molecule has 2 N–H and O–H groups in total. The summed E-state index contributed by atoms with van der Waals surface area (Å²) in [4.78, 5) is 0.00846. The maximum absolute atomic E-state index is 12.7. The van der Waals surface area contributed by atoms with E-state index in [2.05, 4.69) is 15.9 Å². The third-order valence-corrected chi connectivity index (χ3v) is 6.10. The largest absolute Gasteiger partial charge is 0.398 e. The number of sulfonamides is 1. The van der Waals surface area contributed by atoms with Crippen LogP contribution in [0, 0.1) is 11.3 Å². The van der Waals surface area contributed by atoms with Crippen molar-refractivity contribution < 1.29 is 8.42 Å². The van der Waals surface area contributed by atoms with Gasteiger partial charge in [0.05, 0.1) is 15.4 Å². The Bertz CT molecular complexity index is 641. The van der Waals surface area contributed by atoms with Gasteiger partial charge in [0.1, 0.15) is 0 Å². The van der Waals surface area contributed by atoms with Crippen molar-refractivity contribution in [1.29, 1.82) is 5.26 Å². The first-order valence-corrected chi connectivity index (χ1v) is 8.46.